The lowest BCUT2D eigenvalue weighted by molar-refractivity contribution is 0.302. The Labute approximate surface area is 144 Å². The van der Waals surface area contributed by atoms with E-state index in [-0.39, 0.29) is 4.90 Å². The quantitative estimate of drug-likeness (QED) is 0.755. The highest BCUT2D eigenvalue weighted by molar-refractivity contribution is 9.11. The average molecular weight is 456 g/mol. The summed E-state index contributed by atoms with van der Waals surface area (Å²) in [5.74, 6) is 0.498. The SMILES string of the molecule is NS(=O)(=O)c1cc(Br)c(OCc2ccc(Cl)cc2)c(Br)c1. The van der Waals surface area contributed by atoms with E-state index in [9.17, 15) is 8.42 Å². The van der Waals surface area contributed by atoms with E-state index in [1.807, 2.05) is 12.1 Å². The minimum absolute atomic E-state index is 0.0000860. The summed E-state index contributed by atoms with van der Waals surface area (Å²) < 4.78 is 29.4. The fraction of sp³-hybridized carbons (Fsp3) is 0.0769. The highest BCUT2D eigenvalue weighted by atomic mass is 79.9. The third-order valence-corrected chi connectivity index (χ3v) is 4.92. The molecule has 4 nitrogen and oxygen atoms in total. The number of sulfonamides is 1. The van der Waals surface area contributed by atoms with E-state index in [0.717, 1.165) is 5.56 Å². The zero-order chi connectivity index (χ0) is 15.6. The van der Waals surface area contributed by atoms with Crippen LogP contribution in [-0.2, 0) is 16.6 Å². The van der Waals surface area contributed by atoms with Crippen LogP contribution in [0.4, 0.5) is 0 Å². The molecule has 0 saturated heterocycles. The Morgan fingerprint density at radius 1 is 1.10 bits per heavy atom. The first-order valence-electron chi connectivity index (χ1n) is 5.66. The Bertz CT molecular complexity index is 740. The van der Waals surface area contributed by atoms with Gasteiger partial charge >= 0.3 is 0 Å². The van der Waals surface area contributed by atoms with Gasteiger partial charge in [0.15, 0.2) is 0 Å². The molecule has 0 aliphatic carbocycles. The fourth-order valence-electron chi connectivity index (χ4n) is 1.57. The van der Waals surface area contributed by atoms with Gasteiger partial charge in [-0.15, -0.1) is 0 Å². The van der Waals surface area contributed by atoms with Crippen LogP contribution < -0.4 is 9.88 Å². The Balaban J connectivity index is 2.23. The first-order chi connectivity index (χ1) is 9.77. The van der Waals surface area contributed by atoms with Gasteiger partial charge in [0, 0.05) is 5.02 Å². The Morgan fingerprint density at radius 2 is 1.62 bits per heavy atom. The van der Waals surface area contributed by atoms with Crippen LogP contribution in [0.15, 0.2) is 50.2 Å². The van der Waals surface area contributed by atoms with Gasteiger partial charge in [-0.05, 0) is 61.7 Å². The Kier molecular flexibility index (Phi) is 5.32. The second-order valence-electron chi connectivity index (χ2n) is 4.18. The summed E-state index contributed by atoms with van der Waals surface area (Å²) in [5, 5.41) is 5.75. The van der Waals surface area contributed by atoms with Crippen molar-refractivity contribution in [3.8, 4) is 5.75 Å². The van der Waals surface area contributed by atoms with Crippen molar-refractivity contribution in [2.75, 3.05) is 0 Å². The predicted octanol–water partition coefficient (Wildman–Crippen LogP) is 4.09. The first-order valence-corrected chi connectivity index (χ1v) is 9.17. The number of primary sulfonamides is 1. The summed E-state index contributed by atoms with van der Waals surface area (Å²) in [4.78, 5) is 0.0000860. The molecule has 2 aromatic carbocycles. The summed E-state index contributed by atoms with van der Waals surface area (Å²) in [6.07, 6.45) is 0. The molecule has 2 rings (SSSR count). The van der Waals surface area contributed by atoms with E-state index in [2.05, 4.69) is 31.9 Å². The molecule has 0 aliphatic rings. The monoisotopic (exact) mass is 453 g/mol. The van der Waals surface area contributed by atoms with Gasteiger partial charge in [-0.1, -0.05) is 23.7 Å². The van der Waals surface area contributed by atoms with Crippen molar-refractivity contribution in [3.63, 3.8) is 0 Å². The number of rotatable bonds is 4. The molecule has 8 heteroatoms. The maximum absolute atomic E-state index is 11.3. The van der Waals surface area contributed by atoms with Gasteiger partial charge in [-0.3, -0.25) is 0 Å². The van der Waals surface area contributed by atoms with Gasteiger partial charge in [0.1, 0.15) is 12.4 Å². The molecule has 0 saturated carbocycles. The van der Waals surface area contributed by atoms with E-state index in [1.54, 1.807) is 12.1 Å². The molecule has 0 bridgehead atoms. The molecule has 0 atom stereocenters. The molecular formula is C13H10Br2ClNO3S. The fourth-order valence-corrected chi connectivity index (χ4v) is 3.98. The third kappa shape index (κ3) is 4.43. The molecule has 0 unspecified atom stereocenters. The van der Waals surface area contributed by atoms with Crippen molar-refractivity contribution >= 4 is 53.5 Å². The van der Waals surface area contributed by atoms with Crippen molar-refractivity contribution in [2.24, 2.45) is 5.14 Å². The summed E-state index contributed by atoms with van der Waals surface area (Å²) in [6.45, 7) is 0.323. The minimum Gasteiger partial charge on any atom is -0.487 e. The zero-order valence-electron chi connectivity index (χ0n) is 10.5. The van der Waals surface area contributed by atoms with Crippen LogP contribution in [0.1, 0.15) is 5.56 Å². The van der Waals surface area contributed by atoms with Crippen LogP contribution in [0, 0.1) is 0 Å². The lowest BCUT2D eigenvalue weighted by atomic mass is 10.2. The van der Waals surface area contributed by atoms with Crippen LogP contribution >= 0.6 is 43.5 Å². The van der Waals surface area contributed by atoms with Gasteiger partial charge in [0.25, 0.3) is 0 Å². The van der Waals surface area contributed by atoms with Crippen LogP contribution in [-0.4, -0.2) is 8.42 Å². The summed E-state index contributed by atoms with van der Waals surface area (Å²) in [5.41, 5.74) is 0.939. The molecule has 0 radical (unpaired) electrons. The van der Waals surface area contributed by atoms with Crippen molar-refractivity contribution in [1.29, 1.82) is 0 Å². The van der Waals surface area contributed by atoms with E-state index >= 15 is 0 Å². The molecule has 0 heterocycles. The predicted molar refractivity (Wildman–Crippen MR) is 89.0 cm³/mol. The smallest absolute Gasteiger partial charge is 0.238 e. The van der Waals surface area contributed by atoms with Crippen LogP contribution in [0.2, 0.25) is 5.02 Å². The Hall–Kier alpha value is -0.600. The maximum atomic E-state index is 11.3. The highest BCUT2D eigenvalue weighted by Crippen LogP contribution is 2.36. The van der Waals surface area contributed by atoms with Crippen molar-refractivity contribution in [2.45, 2.75) is 11.5 Å². The van der Waals surface area contributed by atoms with E-state index < -0.39 is 10.0 Å². The molecule has 112 valence electrons. The zero-order valence-corrected chi connectivity index (χ0v) is 15.3. The van der Waals surface area contributed by atoms with Gasteiger partial charge in [-0.2, -0.15) is 0 Å². The number of benzene rings is 2. The second-order valence-corrected chi connectivity index (χ2v) is 7.88. The first kappa shape index (κ1) is 16.8. The number of ether oxygens (including phenoxy) is 1. The minimum atomic E-state index is -3.77. The van der Waals surface area contributed by atoms with Crippen molar-refractivity contribution in [1.82, 2.24) is 0 Å². The molecule has 2 aromatic rings. The summed E-state index contributed by atoms with van der Waals surface area (Å²) in [7, 11) is -3.77. The average Bonchev–Trinajstić information content (AvgIpc) is 2.38. The maximum Gasteiger partial charge on any atom is 0.238 e. The molecule has 0 fully saturated rings. The van der Waals surface area contributed by atoms with Crippen LogP contribution in [0.25, 0.3) is 0 Å². The number of hydrogen-bond acceptors (Lipinski definition) is 3. The lowest BCUT2D eigenvalue weighted by Gasteiger charge is -2.12. The van der Waals surface area contributed by atoms with Crippen LogP contribution in [0.5, 0.6) is 5.75 Å². The third-order valence-electron chi connectivity index (χ3n) is 2.60. The van der Waals surface area contributed by atoms with Gasteiger partial charge in [0.2, 0.25) is 10.0 Å². The van der Waals surface area contributed by atoms with E-state index in [1.165, 1.54) is 12.1 Å². The highest BCUT2D eigenvalue weighted by Gasteiger charge is 2.15. The standard InChI is InChI=1S/C13H10Br2ClNO3S/c14-11-5-10(21(17,18)19)6-12(15)13(11)20-7-8-1-3-9(16)4-2-8/h1-6H,7H2,(H2,17,18,19). The second kappa shape index (κ2) is 6.66. The van der Waals surface area contributed by atoms with E-state index in [4.69, 9.17) is 21.5 Å². The summed E-state index contributed by atoms with van der Waals surface area (Å²) in [6, 6.07) is 10.0. The van der Waals surface area contributed by atoms with Crippen LogP contribution in [0.3, 0.4) is 0 Å². The Morgan fingerprint density at radius 3 is 2.10 bits per heavy atom. The molecule has 0 amide bonds. The van der Waals surface area contributed by atoms with Gasteiger partial charge in [-0.25, -0.2) is 13.6 Å². The molecule has 21 heavy (non-hydrogen) atoms. The van der Waals surface area contributed by atoms with Gasteiger partial charge < -0.3 is 4.74 Å². The van der Waals surface area contributed by atoms with Crippen molar-refractivity contribution < 1.29 is 13.2 Å². The molecule has 0 spiro atoms. The topological polar surface area (TPSA) is 69.4 Å². The number of nitrogens with two attached hydrogens (primary N) is 1. The van der Waals surface area contributed by atoms with E-state index in [0.29, 0.717) is 26.3 Å². The molecule has 0 aliphatic heterocycles. The number of halogens is 3. The molecule has 0 aromatic heterocycles. The molecule has 2 N–H and O–H groups in total. The lowest BCUT2D eigenvalue weighted by Crippen LogP contribution is -2.12. The molecular weight excluding hydrogens is 445 g/mol. The summed E-state index contributed by atoms with van der Waals surface area (Å²) >= 11 is 12.4. The van der Waals surface area contributed by atoms with Gasteiger partial charge in [0.05, 0.1) is 13.8 Å². The van der Waals surface area contributed by atoms with Crippen molar-refractivity contribution in [3.05, 3.63) is 55.9 Å². The number of hydrogen-bond donors (Lipinski definition) is 1. The largest absolute Gasteiger partial charge is 0.487 e. The normalized spacial score (nSPS) is 11.4.